The van der Waals surface area contributed by atoms with Crippen LogP contribution in [0.15, 0.2) is 35.5 Å². The molecule has 0 saturated heterocycles. The third-order valence-corrected chi connectivity index (χ3v) is 3.58. The molecule has 0 amide bonds. The quantitative estimate of drug-likeness (QED) is 0.836. The molecule has 19 heavy (non-hydrogen) atoms. The van der Waals surface area contributed by atoms with Crippen LogP contribution in [0.1, 0.15) is 18.3 Å². The lowest BCUT2D eigenvalue weighted by Crippen LogP contribution is -2.11. The maximum atomic E-state index is 11.1. The zero-order valence-electron chi connectivity index (χ0n) is 10.5. The summed E-state index contributed by atoms with van der Waals surface area (Å²) in [5.74, 6) is 0.555. The molecular weight excluding hydrogens is 266 g/mol. The van der Waals surface area contributed by atoms with Crippen LogP contribution >= 0.6 is 0 Å². The minimum atomic E-state index is -4.32. The highest BCUT2D eigenvalue weighted by Gasteiger charge is 2.21. The van der Waals surface area contributed by atoms with E-state index in [9.17, 15) is 8.42 Å². The van der Waals surface area contributed by atoms with Gasteiger partial charge in [-0.2, -0.15) is 8.42 Å². The van der Waals surface area contributed by atoms with Crippen molar-refractivity contribution in [1.82, 2.24) is 14.8 Å². The molecule has 1 heterocycles. The van der Waals surface area contributed by atoms with Gasteiger partial charge in [0.25, 0.3) is 5.16 Å². The van der Waals surface area contributed by atoms with E-state index in [1.165, 1.54) is 4.57 Å². The molecular formula is C12H15N3O3S. The summed E-state index contributed by atoms with van der Waals surface area (Å²) in [7, 11) is -4.32. The molecule has 0 aliphatic heterocycles. The normalized spacial score (nSPS) is 11.7. The minimum absolute atomic E-state index is 0.391. The molecule has 7 heteroatoms. The van der Waals surface area contributed by atoms with Crippen molar-refractivity contribution in [2.24, 2.45) is 0 Å². The molecule has 6 nitrogen and oxygen atoms in total. The Labute approximate surface area is 111 Å². The Kier molecular flexibility index (Phi) is 3.96. The minimum Gasteiger partial charge on any atom is -0.300 e. The second-order valence-electron chi connectivity index (χ2n) is 4.10. The summed E-state index contributed by atoms with van der Waals surface area (Å²) in [5, 5.41) is 7.00. The second kappa shape index (κ2) is 5.50. The molecule has 0 radical (unpaired) electrons. The first-order chi connectivity index (χ1) is 9.02. The van der Waals surface area contributed by atoms with Crippen molar-refractivity contribution in [2.75, 3.05) is 0 Å². The number of hydrogen-bond donors (Lipinski definition) is 1. The van der Waals surface area contributed by atoms with Crippen molar-refractivity contribution in [3.63, 3.8) is 0 Å². The molecule has 102 valence electrons. The molecule has 0 fully saturated rings. The number of aryl methyl sites for hydroxylation is 2. The molecule has 2 rings (SSSR count). The Morgan fingerprint density at radius 1 is 1.16 bits per heavy atom. The SMILES string of the molecule is CCn1c(CCc2ccccc2)nnc1S(=O)(=O)O. The van der Waals surface area contributed by atoms with E-state index in [2.05, 4.69) is 10.2 Å². The van der Waals surface area contributed by atoms with Gasteiger partial charge < -0.3 is 4.57 Å². The van der Waals surface area contributed by atoms with Gasteiger partial charge in [-0.15, -0.1) is 10.2 Å². The molecule has 0 atom stereocenters. The lowest BCUT2D eigenvalue weighted by Gasteiger charge is -2.05. The van der Waals surface area contributed by atoms with Gasteiger partial charge in [0.05, 0.1) is 0 Å². The molecule has 2 aromatic rings. The third kappa shape index (κ3) is 3.18. The highest BCUT2D eigenvalue weighted by Crippen LogP contribution is 2.11. The van der Waals surface area contributed by atoms with E-state index >= 15 is 0 Å². The largest absolute Gasteiger partial charge is 0.330 e. The zero-order chi connectivity index (χ0) is 13.9. The van der Waals surface area contributed by atoms with Crippen molar-refractivity contribution in [3.05, 3.63) is 41.7 Å². The van der Waals surface area contributed by atoms with Gasteiger partial charge in [0.15, 0.2) is 0 Å². The van der Waals surface area contributed by atoms with Gasteiger partial charge in [0.1, 0.15) is 5.82 Å². The standard InChI is InChI=1S/C12H15N3O3S/c1-2-15-11(13-14-12(15)19(16,17)18)9-8-10-6-4-3-5-7-10/h3-7H,2,8-9H2,1H3,(H,16,17,18). The van der Waals surface area contributed by atoms with Crippen molar-refractivity contribution < 1.29 is 13.0 Å². The van der Waals surface area contributed by atoms with Crippen LogP contribution in [-0.4, -0.2) is 27.7 Å². The van der Waals surface area contributed by atoms with E-state index in [4.69, 9.17) is 4.55 Å². The van der Waals surface area contributed by atoms with Gasteiger partial charge in [-0.1, -0.05) is 30.3 Å². The van der Waals surface area contributed by atoms with E-state index in [1.807, 2.05) is 30.3 Å². The van der Waals surface area contributed by atoms with Crippen molar-refractivity contribution in [1.29, 1.82) is 0 Å². The first-order valence-corrected chi connectivity index (χ1v) is 7.40. The van der Waals surface area contributed by atoms with Crippen LogP contribution in [0.25, 0.3) is 0 Å². The van der Waals surface area contributed by atoms with Crippen LogP contribution in [0.3, 0.4) is 0 Å². The topological polar surface area (TPSA) is 85.1 Å². The fourth-order valence-electron chi connectivity index (χ4n) is 1.91. The van der Waals surface area contributed by atoms with E-state index in [1.54, 1.807) is 6.92 Å². The molecule has 0 bridgehead atoms. The monoisotopic (exact) mass is 281 g/mol. The third-order valence-electron chi connectivity index (χ3n) is 2.82. The average molecular weight is 281 g/mol. The molecule has 0 aliphatic carbocycles. The van der Waals surface area contributed by atoms with Gasteiger partial charge in [-0.3, -0.25) is 4.55 Å². The van der Waals surface area contributed by atoms with Crippen LogP contribution in [0.4, 0.5) is 0 Å². The van der Waals surface area contributed by atoms with E-state index in [-0.39, 0.29) is 0 Å². The first-order valence-electron chi connectivity index (χ1n) is 5.96. The van der Waals surface area contributed by atoms with E-state index in [0.29, 0.717) is 18.8 Å². The molecule has 1 N–H and O–H groups in total. The van der Waals surface area contributed by atoms with Gasteiger partial charge in [0.2, 0.25) is 0 Å². The summed E-state index contributed by atoms with van der Waals surface area (Å²) in [5.41, 5.74) is 1.14. The van der Waals surface area contributed by atoms with Gasteiger partial charge in [-0.25, -0.2) is 0 Å². The highest BCUT2D eigenvalue weighted by molar-refractivity contribution is 7.85. The maximum Gasteiger partial charge on any atom is 0.330 e. The first kappa shape index (κ1) is 13.7. The Morgan fingerprint density at radius 3 is 2.42 bits per heavy atom. The van der Waals surface area contributed by atoms with Gasteiger partial charge in [-0.05, 0) is 18.9 Å². The zero-order valence-corrected chi connectivity index (χ0v) is 11.3. The lowest BCUT2D eigenvalue weighted by atomic mass is 10.1. The predicted octanol–water partition coefficient (Wildman–Crippen LogP) is 1.33. The fraction of sp³-hybridized carbons (Fsp3) is 0.333. The maximum absolute atomic E-state index is 11.1. The molecule has 0 saturated carbocycles. The smallest absolute Gasteiger partial charge is 0.300 e. The Morgan fingerprint density at radius 2 is 1.84 bits per heavy atom. The van der Waals surface area contributed by atoms with Crippen LogP contribution in [-0.2, 0) is 29.5 Å². The van der Waals surface area contributed by atoms with Gasteiger partial charge in [0, 0.05) is 13.0 Å². The Hall–Kier alpha value is -1.73. The number of rotatable bonds is 5. The lowest BCUT2D eigenvalue weighted by molar-refractivity contribution is 0.462. The molecule has 0 unspecified atom stereocenters. The van der Waals surface area contributed by atoms with E-state index in [0.717, 1.165) is 12.0 Å². The molecule has 0 aliphatic rings. The summed E-state index contributed by atoms with van der Waals surface area (Å²) in [6.45, 7) is 2.18. The Balaban J connectivity index is 2.20. The average Bonchev–Trinajstić information content (AvgIpc) is 2.80. The molecule has 0 spiro atoms. The summed E-state index contributed by atoms with van der Waals surface area (Å²) in [4.78, 5) is 0. The Bertz CT molecular complexity index is 650. The summed E-state index contributed by atoms with van der Waals surface area (Å²) in [6, 6.07) is 9.83. The number of aromatic nitrogens is 3. The van der Waals surface area contributed by atoms with Crippen LogP contribution < -0.4 is 0 Å². The fourth-order valence-corrected chi connectivity index (χ4v) is 2.57. The predicted molar refractivity (Wildman–Crippen MR) is 69.4 cm³/mol. The molecule has 1 aromatic heterocycles. The summed E-state index contributed by atoms with van der Waals surface area (Å²) < 4.78 is 32.7. The van der Waals surface area contributed by atoms with Crippen LogP contribution in [0.5, 0.6) is 0 Å². The number of hydrogen-bond acceptors (Lipinski definition) is 4. The van der Waals surface area contributed by atoms with Gasteiger partial charge >= 0.3 is 10.1 Å². The number of nitrogens with zero attached hydrogens (tertiary/aromatic N) is 3. The molecule has 1 aromatic carbocycles. The van der Waals surface area contributed by atoms with Crippen molar-refractivity contribution >= 4 is 10.1 Å². The van der Waals surface area contributed by atoms with Crippen molar-refractivity contribution in [2.45, 2.75) is 31.5 Å². The number of benzene rings is 1. The van der Waals surface area contributed by atoms with Crippen LogP contribution in [0.2, 0.25) is 0 Å². The highest BCUT2D eigenvalue weighted by atomic mass is 32.2. The second-order valence-corrected chi connectivity index (χ2v) is 5.42. The van der Waals surface area contributed by atoms with E-state index < -0.39 is 15.3 Å². The van der Waals surface area contributed by atoms with Crippen molar-refractivity contribution in [3.8, 4) is 0 Å². The van der Waals surface area contributed by atoms with Crippen LogP contribution in [0, 0.1) is 0 Å². The summed E-state index contributed by atoms with van der Waals surface area (Å²) in [6.07, 6.45) is 1.31. The summed E-state index contributed by atoms with van der Waals surface area (Å²) >= 11 is 0.